The quantitative estimate of drug-likeness (QED) is 0.855. The molecule has 0 aliphatic heterocycles. The standard InChI is InChI=1S/C13H12ClFN2O2S/c1-8-4-9(16)6-11(5-8)20(18,19)17-10-2-3-13(15)12(14)7-10/h2-7,17H,16H2,1H3. The maximum atomic E-state index is 13.0. The summed E-state index contributed by atoms with van der Waals surface area (Å²) in [5.41, 5.74) is 6.88. The van der Waals surface area contributed by atoms with E-state index in [1.807, 2.05) is 0 Å². The number of nitrogens with one attached hydrogen (secondary N) is 1. The van der Waals surface area contributed by atoms with E-state index >= 15 is 0 Å². The molecule has 7 heteroatoms. The van der Waals surface area contributed by atoms with Gasteiger partial charge in [-0.2, -0.15) is 0 Å². The summed E-state index contributed by atoms with van der Waals surface area (Å²) in [6, 6.07) is 8.08. The number of anilines is 2. The number of nitrogens with two attached hydrogens (primary N) is 1. The molecule has 2 aromatic rings. The van der Waals surface area contributed by atoms with Crippen LogP contribution in [0.4, 0.5) is 15.8 Å². The van der Waals surface area contributed by atoms with Crippen molar-refractivity contribution in [2.24, 2.45) is 0 Å². The molecule has 2 aromatic carbocycles. The third-order valence-electron chi connectivity index (χ3n) is 2.56. The van der Waals surface area contributed by atoms with Gasteiger partial charge in [-0.15, -0.1) is 0 Å². The molecule has 20 heavy (non-hydrogen) atoms. The molecule has 0 unspecified atom stereocenters. The Kier molecular flexibility index (Phi) is 3.87. The number of halogens is 2. The molecule has 0 heterocycles. The van der Waals surface area contributed by atoms with Crippen LogP contribution in [0.2, 0.25) is 5.02 Å². The second-order valence-corrected chi connectivity index (χ2v) is 6.40. The average Bonchev–Trinajstić information content (AvgIpc) is 2.32. The van der Waals surface area contributed by atoms with Crippen LogP contribution in [-0.4, -0.2) is 8.42 Å². The number of aryl methyl sites for hydroxylation is 1. The summed E-state index contributed by atoms with van der Waals surface area (Å²) in [6.45, 7) is 1.74. The van der Waals surface area contributed by atoms with Crippen molar-refractivity contribution in [3.05, 3.63) is 52.8 Å². The molecule has 4 nitrogen and oxygen atoms in total. The largest absolute Gasteiger partial charge is 0.399 e. The zero-order valence-electron chi connectivity index (χ0n) is 10.5. The van der Waals surface area contributed by atoms with Gasteiger partial charge in [-0.1, -0.05) is 11.6 Å². The topological polar surface area (TPSA) is 72.2 Å². The minimum atomic E-state index is -3.80. The first-order valence-electron chi connectivity index (χ1n) is 5.63. The van der Waals surface area contributed by atoms with E-state index in [1.165, 1.54) is 24.3 Å². The molecule has 0 aliphatic carbocycles. The summed E-state index contributed by atoms with van der Waals surface area (Å²) in [7, 11) is -3.80. The van der Waals surface area contributed by atoms with Crippen molar-refractivity contribution in [2.45, 2.75) is 11.8 Å². The molecule has 0 amide bonds. The smallest absolute Gasteiger partial charge is 0.261 e. The summed E-state index contributed by atoms with van der Waals surface area (Å²) in [5, 5.41) is -0.158. The molecular weight excluding hydrogens is 303 g/mol. The minimum Gasteiger partial charge on any atom is -0.399 e. The second-order valence-electron chi connectivity index (χ2n) is 4.31. The van der Waals surface area contributed by atoms with E-state index in [9.17, 15) is 12.8 Å². The van der Waals surface area contributed by atoms with Crippen LogP contribution in [0.25, 0.3) is 0 Å². The molecule has 0 aromatic heterocycles. The Morgan fingerprint density at radius 2 is 1.90 bits per heavy atom. The Hall–Kier alpha value is -1.79. The van der Waals surface area contributed by atoms with E-state index in [-0.39, 0.29) is 15.6 Å². The van der Waals surface area contributed by atoms with Crippen molar-refractivity contribution in [3.8, 4) is 0 Å². The number of benzene rings is 2. The number of hydrogen-bond acceptors (Lipinski definition) is 3. The average molecular weight is 315 g/mol. The Labute approximate surface area is 121 Å². The van der Waals surface area contributed by atoms with E-state index in [4.69, 9.17) is 17.3 Å². The first kappa shape index (κ1) is 14.6. The van der Waals surface area contributed by atoms with Gasteiger partial charge in [0.05, 0.1) is 15.6 Å². The van der Waals surface area contributed by atoms with Crippen LogP contribution in [0.1, 0.15) is 5.56 Å². The summed E-state index contributed by atoms with van der Waals surface area (Å²) in [5.74, 6) is -0.616. The third kappa shape index (κ3) is 3.20. The fraction of sp³-hybridized carbons (Fsp3) is 0.0769. The van der Waals surface area contributed by atoms with Gasteiger partial charge in [0.25, 0.3) is 10.0 Å². The van der Waals surface area contributed by atoms with Crippen LogP contribution in [0, 0.1) is 12.7 Å². The zero-order valence-corrected chi connectivity index (χ0v) is 12.1. The molecule has 2 rings (SSSR count). The van der Waals surface area contributed by atoms with Gasteiger partial charge in [0.2, 0.25) is 0 Å². The van der Waals surface area contributed by atoms with Crippen molar-refractivity contribution >= 4 is 33.0 Å². The van der Waals surface area contributed by atoms with Gasteiger partial charge in [-0.25, -0.2) is 12.8 Å². The van der Waals surface area contributed by atoms with Gasteiger partial charge in [-0.05, 0) is 48.9 Å². The molecule has 0 atom stereocenters. The van der Waals surface area contributed by atoms with Crippen LogP contribution in [0.15, 0.2) is 41.3 Å². The molecule has 0 fully saturated rings. The second kappa shape index (κ2) is 5.30. The SMILES string of the molecule is Cc1cc(N)cc(S(=O)(=O)Nc2ccc(F)c(Cl)c2)c1. The van der Waals surface area contributed by atoms with Crippen LogP contribution in [0.3, 0.4) is 0 Å². The van der Waals surface area contributed by atoms with E-state index in [2.05, 4.69) is 4.72 Å². The third-order valence-corrected chi connectivity index (χ3v) is 4.21. The molecule has 3 N–H and O–H groups in total. The Balaban J connectivity index is 2.37. The molecule has 0 saturated carbocycles. The summed E-state index contributed by atoms with van der Waals surface area (Å²) in [4.78, 5) is 0.0375. The van der Waals surface area contributed by atoms with Crippen molar-refractivity contribution in [1.29, 1.82) is 0 Å². The van der Waals surface area contributed by atoms with E-state index < -0.39 is 15.8 Å². The van der Waals surface area contributed by atoms with Gasteiger partial charge in [0.1, 0.15) is 5.82 Å². The molecule has 0 spiro atoms. The monoisotopic (exact) mass is 314 g/mol. The molecule has 0 saturated heterocycles. The molecule has 106 valence electrons. The lowest BCUT2D eigenvalue weighted by Crippen LogP contribution is -2.13. The zero-order chi connectivity index (χ0) is 14.9. The first-order chi connectivity index (χ1) is 9.28. The lowest BCUT2D eigenvalue weighted by Gasteiger charge is -2.10. The van der Waals surface area contributed by atoms with Crippen molar-refractivity contribution in [2.75, 3.05) is 10.5 Å². The molecule has 0 aliphatic rings. The number of sulfonamides is 1. The fourth-order valence-corrected chi connectivity index (χ4v) is 3.07. The maximum Gasteiger partial charge on any atom is 0.261 e. The van der Waals surface area contributed by atoms with Crippen molar-refractivity contribution in [1.82, 2.24) is 0 Å². The van der Waals surface area contributed by atoms with Gasteiger partial charge < -0.3 is 5.73 Å². The normalized spacial score (nSPS) is 11.3. The highest BCUT2D eigenvalue weighted by molar-refractivity contribution is 7.92. The van der Waals surface area contributed by atoms with Gasteiger partial charge in [0.15, 0.2) is 0 Å². The van der Waals surface area contributed by atoms with Crippen LogP contribution >= 0.6 is 11.6 Å². The fourth-order valence-electron chi connectivity index (χ4n) is 1.71. The number of nitrogen functional groups attached to an aromatic ring is 1. The van der Waals surface area contributed by atoms with E-state index in [0.717, 1.165) is 11.6 Å². The van der Waals surface area contributed by atoms with E-state index in [1.54, 1.807) is 13.0 Å². The number of hydrogen-bond donors (Lipinski definition) is 2. The van der Waals surface area contributed by atoms with Crippen molar-refractivity contribution in [3.63, 3.8) is 0 Å². The maximum absolute atomic E-state index is 13.0. The first-order valence-corrected chi connectivity index (χ1v) is 7.49. The van der Waals surface area contributed by atoms with Gasteiger partial charge in [0, 0.05) is 5.69 Å². The lowest BCUT2D eigenvalue weighted by atomic mass is 10.2. The molecule has 0 radical (unpaired) electrons. The van der Waals surface area contributed by atoms with E-state index in [0.29, 0.717) is 5.69 Å². The van der Waals surface area contributed by atoms with Crippen LogP contribution in [-0.2, 0) is 10.0 Å². The minimum absolute atomic E-state index is 0.0375. The van der Waals surface area contributed by atoms with Crippen molar-refractivity contribution < 1.29 is 12.8 Å². The summed E-state index contributed by atoms with van der Waals surface area (Å²) in [6.07, 6.45) is 0. The van der Waals surface area contributed by atoms with Crippen LogP contribution in [0.5, 0.6) is 0 Å². The summed E-state index contributed by atoms with van der Waals surface area (Å²) < 4.78 is 39.8. The Morgan fingerprint density at radius 3 is 2.50 bits per heavy atom. The lowest BCUT2D eigenvalue weighted by molar-refractivity contribution is 0.601. The highest BCUT2D eigenvalue weighted by Crippen LogP contribution is 2.23. The van der Waals surface area contributed by atoms with Gasteiger partial charge >= 0.3 is 0 Å². The predicted octanol–water partition coefficient (Wildman–Crippen LogP) is 3.17. The highest BCUT2D eigenvalue weighted by Gasteiger charge is 2.15. The highest BCUT2D eigenvalue weighted by atomic mass is 35.5. The van der Waals surface area contributed by atoms with Gasteiger partial charge in [-0.3, -0.25) is 4.72 Å². The Bertz CT molecular complexity index is 743. The number of rotatable bonds is 3. The predicted molar refractivity (Wildman–Crippen MR) is 77.8 cm³/mol. The van der Waals surface area contributed by atoms with Crippen LogP contribution < -0.4 is 10.5 Å². The molecular formula is C13H12ClFN2O2S. The summed E-state index contributed by atoms with van der Waals surface area (Å²) >= 11 is 5.61. The molecule has 0 bridgehead atoms. The Morgan fingerprint density at radius 1 is 1.20 bits per heavy atom.